The Morgan fingerprint density at radius 3 is 2.82 bits per heavy atom. The Bertz CT molecular complexity index is 822. The number of hydrogen-bond acceptors (Lipinski definition) is 6. The number of aryl methyl sites for hydroxylation is 2. The molecule has 0 aliphatic carbocycles. The summed E-state index contributed by atoms with van der Waals surface area (Å²) in [6, 6.07) is 4.46. The summed E-state index contributed by atoms with van der Waals surface area (Å²) in [4.78, 5) is 17.9. The molecule has 0 atom stereocenters. The van der Waals surface area contributed by atoms with Crippen molar-refractivity contribution in [3.63, 3.8) is 0 Å². The maximum Gasteiger partial charge on any atom is 0.289 e. The largest absolute Gasteiger partial charge is 0.383 e. The first-order chi connectivity index (χ1) is 13.6. The van der Waals surface area contributed by atoms with Crippen LogP contribution in [0, 0.1) is 12.3 Å². The molecule has 0 saturated carbocycles. The van der Waals surface area contributed by atoms with E-state index >= 15 is 0 Å². The Balaban J connectivity index is 1.38. The van der Waals surface area contributed by atoms with E-state index in [1.54, 1.807) is 7.11 Å². The van der Waals surface area contributed by atoms with Gasteiger partial charge in [-0.2, -0.15) is 0 Å². The van der Waals surface area contributed by atoms with Gasteiger partial charge in [0.05, 0.1) is 6.61 Å². The summed E-state index contributed by atoms with van der Waals surface area (Å²) in [6.45, 7) is 7.29. The zero-order valence-electron chi connectivity index (χ0n) is 16.7. The third-order valence-corrected chi connectivity index (χ3v) is 7.07. The molecule has 0 bridgehead atoms. The standard InChI is InChI=1S/C20H29N5O2S/c1-15-3-4-16(28-15)13-24-10-7-20(8-11-24)6-5-17-22-23-18(25(17)14-20)19(26)21-9-12-27-2/h3-4H,5-14H2,1-2H3,(H,21,26). The second-order valence-corrected chi connectivity index (χ2v) is 9.44. The minimum atomic E-state index is -0.154. The van der Waals surface area contributed by atoms with E-state index in [4.69, 9.17) is 4.74 Å². The molecule has 1 amide bonds. The molecular weight excluding hydrogens is 374 g/mol. The van der Waals surface area contributed by atoms with Gasteiger partial charge in [-0.25, -0.2) is 0 Å². The summed E-state index contributed by atoms with van der Waals surface area (Å²) < 4.78 is 7.06. The molecule has 28 heavy (non-hydrogen) atoms. The number of nitrogens with one attached hydrogen (secondary N) is 1. The van der Waals surface area contributed by atoms with Crippen molar-refractivity contribution in [3.05, 3.63) is 33.5 Å². The number of fused-ring (bicyclic) bond motifs is 1. The Hall–Kier alpha value is -1.77. The van der Waals surface area contributed by atoms with Crippen LogP contribution in [-0.2, 0) is 24.2 Å². The molecule has 2 aromatic rings. The molecule has 0 radical (unpaired) electrons. The van der Waals surface area contributed by atoms with E-state index in [-0.39, 0.29) is 11.3 Å². The summed E-state index contributed by atoms with van der Waals surface area (Å²) in [7, 11) is 1.63. The number of ether oxygens (including phenoxy) is 1. The van der Waals surface area contributed by atoms with Gasteiger partial charge in [0.2, 0.25) is 5.82 Å². The molecular formula is C20H29N5O2S. The molecule has 152 valence electrons. The van der Waals surface area contributed by atoms with Crippen LogP contribution in [0.2, 0.25) is 0 Å². The fourth-order valence-corrected chi connectivity index (χ4v) is 5.31. The number of hydrogen-bond donors (Lipinski definition) is 1. The van der Waals surface area contributed by atoms with Crippen LogP contribution in [0.5, 0.6) is 0 Å². The molecule has 0 aromatic carbocycles. The molecule has 2 aliphatic heterocycles. The van der Waals surface area contributed by atoms with Crippen LogP contribution in [-0.4, -0.2) is 58.9 Å². The molecule has 1 fully saturated rings. The lowest BCUT2D eigenvalue weighted by Crippen LogP contribution is -2.44. The number of thiophene rings is 1. The Morgan fingerprint density at radius 1 is 1.29 bits per heavy atom. The van der Waals surface area contributed by atoms with E-state index in [2.05, 4.69) is 44.0 Å². The quantitative estimate of drug-likeness (QED) is 0.749. The van der Waals surface area contributed by atoms with Gasteiger partial charge in [-0.1, -0.05) is 0 Å². The van der Waals surface area contributed by atoms with Crippen molar-refractivity contribution in [3.8, 4) is 0 Å². The third-order valence-electron chi connectivity index (χ3n) is 6.09. The van der Waals surface area contributed by atoms with Crippen LogP contribution >= 0.6 is 11.3 Å². The van der Waals surface area contributed by atoms with Gasteiger partial charge in [-0.15, -0.1) is 21.5 Å². The Morgan fingerprint density at radius 2 is 2.11 bits per heavy atom. The molecule has 1 saturated heterocycles. The van der Waals surface area contributed by atoms with Crippen molar-refractivity contribution in [1.29, 1.82) is 0 Å². The fourth-order valence-electron chi connectivity index (χ4n) is 4.38. The zero-order chi connectivity index (χ0) is 19.6. The minimum Gasteiger partial charge on any atom is -0.383 e. The van der Waals surface area contributed by atoms with Gasteiger partial charge >= 0.3 is 0 Å². The predicted molar refractivity (Wildman–Crippen MR) is 109 cm³/mol. The number of carbonyl (C=O) groups is 1. The Kier molecular flexibility index (Phi) is 5.80. The van der Waals surface area contributed by atoms with E-state index in [0.717, 1.165) is 44.8 Å². The molecule has 7 nitrogen and oxygen atoms in total. The minimum absolute atomic E-state index is 0.154. The van der Waals surface area contributed by atoms with Crippen molar-refractivity contribution < 1.29 is 9.53 Å². The highest BCUT2D eigenvalue weighted by Crippen LogP contribution is 2.41. The monoisotopic (exact) mass is 403 g/mol. The summed E-state index contributed by atoms with van der Waals surface area (Å²) in [5.41, 5.74) is 0.263. The van der Waals surface area contributed by atoms with E-state index in [1.165, 1.54) is 22.6 Å². The molecule has 0 unspecified atom stereocenters. The summed E-state index contributed by atoms with van der Waals surface area (Å²) in [5, 5.41) is 11.3. The number of likely N-dealkylation sites (tertiary alicyclic amines) is 1. The molecule has 2 aliphatic rings. The van der Waals surface area contributed by atoms with Crippen molar-refractivity contribution in [2.24, 2.45) is 5.41 Å². The molecule has 8 heteroatoms. The molecule has 1 spiro atoms. The number of nitrogens with zero attached hydrogens (tertiary/aromatic N) is 4. The lowest BCUT2D eigenvalue weighted by molar-refractivity contribution is 0.0622. The first-order valence-corrected chi connectivity index (χ1v) is 10.9. The first kappa shape index (κ1) is 19.5. The number of amides is 1. The highest BCUT2D eigenvalue weighted by molar-refractivity contribution is 7.11. The van der Waals surface area contributed by atoms with Gasteiger partial charge in [-0.05, 0) is 56.8 Å². The molecule has 1 N–H and O–H groups in total. The van der Waals surface area contributed by atoms with Crippen LogP contribution in [0.15, 0.2) is 12.1 Å². The van der Waals surface area contributed by atoms with Crippen molar-refractivity contribution in [1.82, 2.24) is 25.0 Å². The highest BCUT2D eigenvalue weighted by Gasteiger charge is 2.39. The van der Waals surface area contributed by atoms with E-state index < -0.39 is 0 Å². The van der Waals surface area contributed by atoms with Crippen LogP contribution in [0.1, 0.15) is 45.5 Å². The van der Waals surface area contributed by atoms with Gasteiger partial charge in [0, 0.05) is 42.9 Å². The third kappa shape index (κ3) is 4.14. The van der Waals surface area contributed by atoms with Crippen LogP contribution in [0.25, 0.3) is 0 Å². The van der Waals surface area contributed by atoms with Gasteiger partial charge in [0.25, 0.3) is 5.91 Å². The van der Waals surface area contributed by atoms with Crippen molar-refractivity contribution >= 4 is 17.2 Å². The Labute approximate surface area is 170 Å². The van der Waals surface area contributed by atoms with Gasteiger partial charge in [0.15, 0.2) is 0 Å². The van der Waals surface area contributed by atoms with Crippen molar-refractivity contribution in [2.45, 2.75) is 45.7 Å². The molecule has 2 aromatic heterocycles. The number of piperidine rings is 1. The van der Waals surface area contributed by atoms with Gasteiger partial charge < -0.3 is 14.6 Å². The lowest BCUT2D eigenvalue weighted by Gasteiger charge is -2.44. The summed E-state index contributed by atoms with van der Waals surface area (Å²) in [6.07, 6.45) is 4.38. The lowest BCUT2D eigenvalue weighted by atomic mass is 9.73. The summed E-state index contributed by atoms with van der Waals surface area (Å²) in [5.74, 6) is 1.24. The van der Waals surface area contributed by atoms with Gasteiger partial charge in [-0.3, -0.25) is 9.69 Å². The average molecular weight is 404 g/mol. The van der Waals surface area contributed by atoms with E-state index in [9.17, 15) is 4.79 Å². The zero-order valence-corrected chi connectivity index (χ0v) is 17.6. The summed E-state index contributed by atoms with van der Waals surface area (Å²) >= 11 is 1.90. The van der Waals surface area contributed by atoms with Crippen LogP contribution in [0.3, 0.4) is 0 Å². The highest BCUT2D eigenvalue weighted by atomic mass is 32.1. The first-order valence-electron chi connectivity index (χ1n) is 10.1. The maximum absolute atomic E-state index is 12.5. The second kappa shape index (κ2) is 8.31. The maximum atomic E-state index is 12.5. The number of rotatable bonds is 6. The van der Waals surface area contributed by atoms with Crippen LogP contribution in [0.4, 0.5) is 0 Å². The molecule has 4 heterocycles. The average Bonchev–Trinajstić information content (AvgIpc) is 3.29. The second-order valence-electron chi connectivity index (χ2n) is 8.06. The number of aromatic nitrogens is 3. The smallest absolute Gasteiger partial charge is 0.289 e. The SMILES string of the molecule is COCCNC(=O)c1nnc2n1CC1(CC2)CCN(Cc2ccc(C)s2)CC1. The number of carbonyl (C=O) groups excluding carboxylic acids is 1. The predicted octanol–water partition coefficient (Wildman–Crippen LogP) is 2.25. The molecule has 4 rings (SSSR count). The normalized spacial score (nSPS) is 18.9. The number of methoxy groups -OCH3 is 1. The van der Waals surface area contributed by atoms with Crippen molar-refractivity contribution in [2.75, 3.05) is 33.4 Å². The fraction of sp³-hybridized carbons (Fsp3) is 0.650. The van der Waals surface area contributed by atoms with Crippen LogP contribution < -0.4 is 5.32 Å². The van der Waals surface area contributed by atoms with E-state index in [0.29, 0.717) is 19.0 Å². The topological polar surface area (TPSA) is 72.3 Å². The van der Waals surface area contributed by atoms with Gasteiger partial charge in [0.1, 0.15) is 5.82 Å². The van der Waals surface area contributed by atoms with E-state index in [1.807, 2.05) is 11.3 Å².